The first-order chi connectivity index (χ1) is 13.2. The van der Waals surface area contributed by atoms with Gasteiger partial charge in [-0.3, -0.25) is 14.0 Å². The first kappa shape index (κ1) is 16.3. The molecule has 8 heteroatoms. The van der Waals surface area contributed by atoms with E-state index in [9.17, 15) is 9.59 Å². The summed E-state index contributed by atoms with van der Waals surface area (Å²) in [5, 5.41) is 2.80. The van der Waals surface area contributed by atoms with Crippen LogP contribution in [-0.4, -0.2) is 22.1 Å². The van der Waals surface area contributed by atoms with E-state index in [-0.39, 0.29) is 17.9 Å². The van der Waals surface area contributed by atoms with Crippen LogP contribution in [0.1, 0.15) is 39.3 Å². The second kappa shape index (κ2) is 6.38. The van der Waals surface area contributed by atoms with Crippen LogP contribution in [-0.2, 0) is 19.4 Å². The number of aromatic nitrogens is 2. The van der Waals surface area contributed by atoms with Crippen molar-refractivity contribution in [1.82, 2.24) is 14.7 Å². The van der Waals surface area contributed by atoms with Crippen molar-refractivity contribution in [1.29, 1.82) is 0 Å². The molecule has 0 saturated carbocycles. The van der Waals surface area contributed by atoms with Crippen LogP contribution >= 0.6 is 11.3 Å². The van der Waals surface area contributed by atoms with Crippen LogP contribution < -0.4 is 20.3 Å². The lowest BCUT2D eigenvalue weighted by Crippen LogP contribution is -2.31. The van der Waals surface area contributed by atoms with E-state index < -0.39 is 5.91 Å². The number of carbonyl (C=O) groups excluding carboxylic acids is 1. The molecule has 1 aromatic carbocycles. The normalized spacial score (nSPS) is 15.0. The Morgan fingerprint density at radius 1 is 1.22 bits per heavy atom. The maximum atomic E-state index is 12.9. The van der Waals surface area contributed by atoms with Crippen molar-refractivity contribution in [3.8, 4) is 11.5 Å². The fraction of sp³-hybridized carbons (Fsp3) is 0.316. The average molecular weight is 383 g/mol. The highest BCUT2D eigenvalue weighted by atomic mass is 32.1. The van der Waals surface area contributed by atoms with E-state index in [1.807, 2.05) is 18.2 Å². The number of benzene rings is 1. The van der Waals surface area contributed by atoms with Crippen molar-refractivity contribution in [2.24, 2.45) is 0 Å². The zero-order valence-corrected chi connectivity index (χ0v) is 15.3. The number of rotatable bonds is 3. The van der Waals surface area contributed by atoms with E-state index in [4.69, 9.17) is 9.47 Å². The molecule has 7 nitrogen and oxygen atoms in total. The van der Waals surface area contributed by atoms with Gasteiger partial charge in [0.25, 0.3) is 11.5 Å². The predicted molar refractivity (Wildman–Crippen MR) is 99.7 cm³/mol. The van der Waals surface area contributed by atoms with E-state index in [1.165, 1.54) is 11.1 Å². The quantitative estimate of drug-likeness (QED) is 0.750. The van der Waals surface area contributed by atoms with Gasteiger partial charge in [0.15, 0.2) is 16.5 Å². The standard InChI is InChI=1S/C19H17N3O4S/c23-17(20-8-11-5-6-14-15(7-11)26-10-25-14)12-9-21-19-22(18(12)24)13-3-1-2-4-16(13)27-19/h5-7,9H,1-4,8,10H2,(H,20,23). The van der Waals surface area contributed by atoms with Crippen LogP contribution in [0.2, 0.25) is 0 Å². The second-order valence-corrected chi connectivity index (χ2v) is 7.71. The number of hydrogen-bond donors (Lipinski definition) is 1. The molecule has 0 spiro atoms. The molecule has 0 radical (unpaired) electrons. The van der Waals surface area contributed by atoms with Crippen LogP contribution in [0.25, 0.3) is 4.96 Å². The van der Waals surface area contributed by atoms with Crippen LogP contribution in [0, 0.1) is 0 Å². The zero-order chi connectivity index (χ0) is 18.4. The number of thiazole rings is 1. The molecule has 1 aliphatic heterocycles. The van der Waals surface area contributed by atoms with E-state index >= 15 is 0 Å². The summed E-state index contributed by atoms with van der Waals surface area (Å²) in [6, 6.07) is 5.49. The molecule has 138 valence electrons. The molecule has 3 heterocycles. The van der Waals surface area contributed by atoms with Gasteiger partial charge < -0.3 is 14.8 Å². The fourth-order valence-corrected chi connectivity index (χ4v) is 4.72. The molecule has 1 N–H and O–H groups in total. The lowest BCUT2D eigenvalue weighted by molar-refractivity contribution is 0.0948. The summed E-state index contributed by atoms with van der Waals surface area (Å²) in [6.07, 6.45) is 5.42. The Hall–Kier alpha value is -2.87. The zero-order valence-electron chi connectivity index (χ0n) is 14.5. The molecule has 0 saturated heterocycles. The summed E-state index contributed by atoms with van der Waals surface area (Å²) in [7, 11) is 0. The molecular weight excluding hydrogens is 366 g/mol. The Balaban J connectivity index is 1.41. The Kier molecular flexibility index (Phi) is 3.86. The largest absolute Gasteiger partial charge is 0.454 e. The molecule has 0 bridgehead atoms. The van der Waals surface area contributed by atoms with Gasteiger partial charge in [0.2, 0.25) is 6.79 Å². The van der Waals surface area contributed by atoms with Crippen LogP contribution in [0.5, 0.6) is 11.5 Å². The Morgan fingerprint density at radius 3 is 3.00 bits per heavy atom. The summed E-state index contributed by atoms with van der Waals surface area (Å²) in [6.45, 7) is 0.498. The summed E-state index contributed by atoms with van der Waals surface area (Å²) in [5.41, 5.74) is 1.67. The third-order valence-corrected chi connectivity index (χ3v) is 6.09. The molecule has 1 aliphatic carbocycles. The first-order valence-electron chi connectivity index (χ1n) is 8.90. The number of nitrogens with zero attached hydrogens (tertiary/aromatic N) is 2. The summed E-state index contributed by atoms with van der Waals surface area (Å²) in [4.78, 5) is 31.7. The monoisotopic (exact) mass is 383 g/mol. The van der Waals surface area contributed by atoms with Crippen molar-refractivity contribution in [2.75, 3.05) is 6.79 Å². The molecule has 27 heavy (non-hydrogen) atoms. The molecule has 3 aromatic rings. The van der Waals surface area contributed by atoms with Crippen molar-refractivity contribution in [3.63, 3.8) is 0 Å². The number of ether oxygens (including phenoxy) is 2. The predicted octanol–water partition coefficient (Wildman–Crippen LogP) is 2.29. The lowest BCUT2D eigenvalue weighted by Gasteiger charge is -2.10. The van der Waals surface area contributed by atoms with Crippen LogP contribution in [0.4, 0.5) is 0 Å². The van der Waals surface area contributed by atoms with Gasteiger partial charge in [0, 0.05) is 23.3 Å². The van der Waals surface area contributed by atoms with E-state index in [0.717, 1.165) is 36.9 Å². The summed E-state index contributed by atoms with van der Waals surface area (Å²) < 4.78 is 12.2. The maximum absolute atomic E-state index is 12.9. The Bertz CT molecular complexity index is 1120. The summed E-state index contributed by atoms with van der Waals surface area (Å²) in [5.74, 6) is 0.935. The number of hydrogen-bond acceptors (Lipinski definition) is 6. The van der Waals surface area contributed by atoms with Gasteiger partial charge in [-0.25, -0.2) is 4.98 Å². The van der Waals surface area contributed by atoms with Crippen molar-refractivity contribution < 1.29 is 14.3 Å². The van der Waals surface area contributed by atoms with Crippen molar-refractivity contribution >= 4 is 22.2 Å². The Morgan fingerprint density at radius 2 is 2.07 bits per heavy atom. The minimum atomic E-state index is -0.421. The Labute approximate surface area is 158 Å². The van der Waals surface area contributed by atoms with E-state index in [1.54, 1.807) is 15.7 Å². The first-order valence-corrected chi connectivity index (χ1v) is 9.71. The third-order valence-electron chi connectivity index (χ3n) is 4.94. The van der Waals surface area contributed by atoms with Gasteiger partial charge in [-0.2, -0.15) is 0 Å². The molecule has 1 amide bonds. The number of fused-ring (bicyclic) bond motifs is 4. The molecular formula is C19H17N3O4S. The number of carbonyl (C=O) groups is 1. The topological polar surface area (TPSA) is 81.9 Å². The highest BCUT2D eigenvalue weighted by molar-refractivity contribution is 7.17. The molecule has 5 rings (SSSR count). The molecule has 0 atom stereocenters. The van der Waals surface area contributed by atoms with E-state index in [2.05, 4.69) is 10.3 Å². The van der Waals surface area contributed by atoms with Crippen molar-refractivity contribution in [2.45, 2.75) is 32.2 Å². The van der Waals surface area contributed by atoms with Crippen molar-refractivity contribution in [3.05, 3.63) is 56.4 Å². The highest BCUT2D eigenvalue weighted by Gasteiger charge is 2.21. The molecule has 2 aliphatic rings. The van der Waals surface area contributed by atoms with Crippen LogP contribution in [0.15, 0.2) is 29.2 Å². The lowest BCUT2D eigenvalue weighted by atomic mass is 10.0. The van der Waals surface area contributed by atoms with Gasteiger partial charge in [0.1, 0.15) is 5.56 Å². The summed E-state index contributed by atoms with van der Waals surface area (Å²) >= 11 is 1.55. The minimum Gasteiger partial charge on any atom is -0.454 e. The van der Waals surface area contributed by atoms with Gasteiger partial charge in [-0.15, -0.1) is 11.3 Å². The van der Waals surface area contributed by atoms with Crippen LogP contribution in [0.3, 0.4) is 0 Å². The van der Waals surface area contributed by atoms with Gasteiger partial charge in [-0.05, 0) is 43.4 Å². The maximum Gasteiger partial charge on any atom is 0.271 e. The molecule has 0 fully saturated rings. The van der Waals surface area contributed by atoms with E-state index in [0.29, 0.717) is 23.0 Å². The fourth-order valence-electron chi connectivity index (χ4n) is 3.55. The molecule has 2 aromatic heterocycles. The minimum absolute atomic E-state index is 0.0689. The smallest absolute Gasteiger partial charge is 0.271 e. The SMILES string of the molecule is O=C(NCc1ccc2c(c1)OCO2)c1cnc2sc3c(n2c1=O)CCCC3. The molecule has 0 unspecified atom stereocenters. The van der Waals surface area contributed by atoms with Gasteiger partial charge in [0.05, 0.1) is 0 Å². The second-order valence-electron chi connectivity index (χ2n) is 6.64. The van der Waals surface area contributed by atoms with Gasteiger partial charge >= 0.3 is 0 Å². The highest BCUT2D eigenvalue weighted by Crippen LogP contribution is 2.32. The number of amides is 1. The third kappa shape index (κ3) is 2.76. The average Bonchev–Trinajstić information content (AvgIpc) is 3.30. The van der Waals surface area contributed by atoms with Gasteiger partial charge in [-0.1, -0.05) is 6.07 Å². The number of nitrogens with one attached hydrogen (secondary N) is 1. The number of aryl methyl sites for hydroxylation is 2.